The van der Waals surface area contributed by atoms with Gasteiger partial charge in [-0.2, -0.15) is 15.5 Å². The minimum Gasteiger partial charge on any atom is -0.474 e. The Balaban J connectivity index is 1.15. The first-order chi connectivity index (χ1) is 19.1. The molecular formula is C29H30N8O3. The number of nitrogens with zero attached hydrogens (tertiary/aromatic N) is 6. The molecular weight excluding hydrogens is 508 g/mol. The number of fused-ring (bicyclic) bond motifs is 1. The summed E-state index contributed by atoms with van der Waals surface area (Å²) in [6.45, 7) is 3.56. The van der Waals surface area contributed by atoms with Crippen LogP contribution in [0.1, 0.15) is 60.4 Å². The Bertz CT molecular complexity index is 1680. The molecule has 6 rings (SSSR count). The third kappa shape index (κ3) is 4.35. The maximum Gasteiger partial charge on any atom is 0.272 e. The first-order valence-electron chi connectivity index (χ1n) is 13.2. The number of aromatic nitrogens is 5. The lowest BCUT2D eigenvalue weighted by atomic mass is 9.53. The Hall–Kier alpha value is -4.72. The number of hydrogen-bond donors (Lipinski definition) is 2. The molecule has 2 aliphatic rings. The fraction of sp³-hybridized carbons (Fsp3) is 0.379. The van der Waals surface area contributed by atoms with Gasteiger partial charge in [-0.15, -0.1) is 0 Å². The van der Waals surface area contributed by atoms with Crippen LogP contribution in [0, 0.1) is 16.7 Å². The molecule has 0 atom stereocenters. The summed E-state index contributed by atoms with van der Waals surface area (Å²) in [5.74, 6) is -0.545. The zero-order valence-corrected chi connectivity index (χ0v) is 22.6. The van der Waals surface area contributed by atoms with E-state index in [0.29, 0.717) is 16.6 Å². The van der Waals surface area contributed by atoms with Crippen LogP contribution in [0.3, 0.4) is 0 Å². The van der Waals surface area contributed by atoms with E-state index in [1.54, 1.807) is 47.7 Å². The predicted molar refractivity (Wildman–Crippen MR) is 146 cm³/mol. The van der Waals surface area contributed by atoms with Crippen molar-refractivity contribution in [3.8, 4) is 23.1 Å². The van der Waals surface area contributed by atoms with Crippen LogP contribution in [0.5, 0.6) is 5.88 Å². The molecule has 11 nitrogen and oxygen atoms in total. The van der Waals surface area contributed by atoms with Crippen molar-refractivity contribution in [2.75, 3.05) is 0 Å². The molecule has 2 saturated carbocycles. The number of benzene rings is 1. The molecule has 40 heavy (non-hydrogen) atoms. The van der Waals surface area contributed by atoms with E-state index in [2.05, 4.69) is 26.6 Å². The van der Waals surface area contributed by atoms with Gasteiger partial charge in [0.2, 0.25) is 5.88 Å². The lowest BCUT2D eigenvalue weighted by Crippen LogP contribution is -2.58. The summed E-state index contributed by atoms with van der Waals surface area (Å²) in [4.78, 5) is 29.2. The highest BCUT2D eigenvalue weighted by Crippen LogP contribution is 2.56. The minimum atomic E-state index is -0.951. The fourth-order valence-corrected chi connectivity index (χ4v) is 6.00. The van der Waals surface area contributed by atoms with Crippen molar-refractivity contribution in [2.24, 2.45) is 18.2 Å². The molecule has 0 radical (unpaired) electrons. The zero-order valence-electron chi connectivity index (χ0n) is 22.6. The molecule has 1 aromatic carbocycles. The van der Waals surface area contributed by atoms with Crippen molar-refractivity contribution >= 4 is 22.7 Å². The Morgan fingerprint density at radius 1 is 1.20 bits per heavy atom. The second-order valence-corrected chi connectivity index (χ2v) is 11.5. The van der Waals surface area contributed by atoms with E-state index in [0.717, 1.165) is 36.8 Å². The number of pyridine rings is 1. The molecule has 0 aliphatic heterocycles. The highest BCUT2D eigenvalue weighted by molar-refractivity contribution is 6.06. The Labute approximate surface area is 230 Å². The third-order valence-electron chi connectivity index (χ3n) is 8.07. The van der Waals surface area contributed by atoms with Gasteiger partial charge in [-0.3, -0.25) is 14.3 Å². The van der Waals surface area contributed by atoms with E-state index in [1.165, 1.54) is 0 Å². The SMILES string of the molecule is Cn1cc(-c2ccc3c(C(=O)NC4CC5(C4)CC(Oc4ncccc4C(N)=O)C5)nn(C(C)(C)C#N)c3c2)cn1. The summed E-state index contributed by atoms with van der Waals surface area (Å²) in [7, 11) is 1.86. The molecule has 0 unspecified atom stereocenters. The van der Waals surface area contributed by atoms with Crippen molar-refractivity contribution in [1.29, 1.82) is 5.26 Å². The number of nitrogens with one attached hydrogen (secondary N) is 1. The van der Waals surface area contributed by atoms with E-state index >= 15 is 0 Å². The van der Waals surface area contributed by atoms with Crippen LogP contribution < -0.4 is 15.8 Å². The van der Waals surface area contributed by atoms with E-state index in [9.17, 15) is 14.9 Å². The summed E-state index contributed by atoms with van der Waals surface area (Å²) < 4.78 is 9.31. The van der Waals surface area contributed by atoms with Crippen LogP contribution in [0.25, 0.3) is 22.0 Å². The first-order valence-corrected chi connectivity index (χ1v) is 13.2. The molecule has 0 bridgehead atoms. The Morgan fingerprint density at radius 2 is 1.98 bits per heavy atom. The maximum atomic E-state index is 13.4. The highest BCUT2D eigenvalue weighted by Gasteiger charge is 2.54. The number of ether oxygens (including phenoxy) is 1. The Kier molecular flexibility index (Phi) is 5.87. The average Bonchev–Trinajstić information content (AvgIpc) is 3.50. The second kappa shape index (κ2) is 9.19. The monoisotopic (exact) mass is 538 g/mol. The van der Waals surface area contributed by atoms with Gasteiger partial charge < -0.3 is 15.8 Å². The average molecular weight is 539 g/mol. The second-order valence-electron chi connectivity index (χ2n) is 11.5. The van der Waals surface area contributed by atoms with E-state index in [4.69, 9.17) is 10.5 Å². The topological polar surface area (TPSA) is 154 Å². The van der Waals surface area contributed by atoms with Crippen LogP contribution >= 0.6 is 0 Å². The van der Waals surface area contributed by atoms with Gasteiger partial charge in [0.1, 0.15) is 17.2 Å². The fourth-order valence-electron chi connectivity index (χ4n) is 6.00. The summed E-state index contributed by atoms with van der Waals surface area (Å²) >= 11 is 0. The van der Waals surface area contributed by atoms with Crippen LogP contribution in [-0.2, 0) is 12.6 Å². The number of carbonyl (C=O) groups excluding carboxylic acids is 2. The molecule has 2 aliphatic carbocycles. The number of primary amides is 1. The summed E-state index contributed by atoms with van der Waals surface area (Å²) in [6, 6.07) is 11.4. The molecule has 1 spiro atoms. The Morgan fingerprint density at radius 3 is 2.65 bits per heavy atom. The maximum absolute atomic E-state index is 13.4. The van der Waals surface area contributed by atoms with Crippen LogP contribution in [0.2, 0.25) is 0 Å². The summed E-state index contributed by atoms with van der Waals surface area (Å²) in [6.07, 6.45) is 8.59. The molecule has 4 aromatic rings. The number of amides is 2. The van der Waals surface area contributed by atoms with Gasteiger partial charge in [0.05, 0.1) is 17.8 Å². The normalized spacial score (nSPS) is 21.9. The van der Waals surface area contributed by atoms with Crippen LogP contribution in [0.4, 0.5) is 0 Å². The molecule has 0 saturated heterocycles. The van der Waals surface area contributed by atoms with Crippen molar-refractivity contribution < 1.29 is 14.3 Å². The molecule has 2 fully saturated rings. The van der Waals surface area contributed by atoms with Gasteiger partial charge in [0, 0.05) is 36.4 Å². The van der Waals surface area contributed by atoms with E-state index in [-0.39, 0.29) is 34.9 Å². The molecule has 3 aromatic heterocycles. The molecule has 3 heterocycles. The third-order valence-corrected chi connectivity index (χ3v) is 8.07. The zero-order chi connectivity index (χ0) is 28.2. The minimum absolute atomic E-state index is 0.0309. The van der Waals surface area contributed by atoms with E-state index in [1.807, 2.05) is 31.4 Å². The largest absolute Gasteiger partial charge is 0.474 e. The van der Waals surface area contributed by atoms with Gasteiger partial charge in [-0.05, 0) is 74.8 Å². The first kappa shape index (κ1) is 25.6. The number of carbonyl (C=O) groups is 2. The summed E-state index contributed by atoms with van der Waals surface area (Å²) in [5, 5.41) is 22.5. The van der Waals surface area contributed by atoms with Crippen LogP contribution in [-0.4, -0.2) is 48.5 Å². The van der Waals surface area contributed by atoms with Crippen molar-refractivity contribution in [3.05, 3.63) is 60.2 Å². The number of rotatable bonds is 7. The predicted octanol–water partition coefficient (Wildman–Crippen LogP) is 3.31. The number of nitrogens with two attached hydrogens (primary N) is 1. The standard InChI is InChI=1S/C29H30N8O3/c1-28(2,16-30)37-23-9-17(18-14-33-36(3)15-18)6-7-21(23)24(35-37)26(39)34-19-10-29(11-19)12-20(13-29)40-27-22(25(31)38)5-4-8-32-27/h4-9,14-15,19-20H,10-13H2,1-3H3,(H2,31,38)(H,34,39). The van der Waals surface area contributed by atoms with Gasteiger partial charge in [-0.1, -0.05) is 6.07 Å². The number of hydrogen-bond acceptors (Lipinski definition) is 7. The highest BCUT2D eigenvalue weighted by atomic mass is 16.5. The smallest absolute Gasteiger partial charge is 0.272 e. The van der Waals surface area contributed by atoms with Crippen LogP contribution in [0.15, 0.2) is 48.9 Å². The molecule has 3 N–H and O–H groups in total. The molecule has 204 valence electrons. The van der Waals surface area contributed by atoms with Gasteiger partial charge in [-0.25, -0.2) is 9.67 Å². The van der Waals surface area contributed by atoms with Gasteiger partial charge >= 0.3 is 0 Å². The summed E-state index contributed by atoms with van der Waals surface area (Å²) in [5.41, 5.74) is 7.77. The van der Waals surface area contributed by atoms with Crippen molar-refractivity contribution in [3.63, 3.8) is 0 Å². The molecule has 2 amide bonds. The van der Waals surface area contributed by atoms with E-state index < -0.39 is 11.4 Å². The lowest BCUT2D eigenvalue weighted by Gasteiger charge is -2.57. The lowest BCUT2D eigenvalue weighted by molar-refractivity contribution is -0.0848. The van der Waals surface area contributed by atoms with Crippen molar-refractivity contribution in [1.82, 2.24) is 29.9 Å². The van der Waals surface area contributed by atoms with Gasteiger partial charge in [0.15, 0.2) is 5.69 Å². The number of nitriles is 1. The number of aryl methyl sites for hydroxylation is 1. The quantitative estimate of drug-likeness (QED) is 0.366. The van der Waals surface area contributed by atoms with Crippen molar-refractivity contribution in [2.45, 2.75) is 57.2 Å². The molecule has 11 heteroatoms. The van der Waals surface area contributed by atoms with Gasteiger partial charge in [0.25, 0.3) is 11.8 Å².